The van der Waals surface area contributed by atoms with E-state index < -0.39 is 0 Å². The second kappa shape index (κ2) is 5.64. The van der Waals surface area contributed by atoms with E-state index in [2.05, 4.69) is 54.9 Å². The summed E-state index contributed by atoms with van der Waals surface area (Å²) in [4.78, 5) is 6.68. The number of rotatable bonds is 5. The number of hydrogen-bond donors (Lipinski definition) is 1. The number of hydrogen-bond acceptors (Lipinski definition) is 3. The maximum Gasteiger partial charge on any atom is 0.196 e. The molecule has 1 aliphatic heterocycles. The summed E-state index contributed by atoms with van der Waals surface area (Å²) in [5.41, 5.74) is 8.57. The van der Waals surface area contributed by atoms with E-state index in [1.165, 1.54) is 24.8 Å². The summed E-state index contributed by atoms with van der Waals surface area (Å²) >= 11 is 0. The molecule has 0 spiro atoms. The first-order valence-corrected chi connectivity index (χ1v) is 7.23. The van der Waals surface area contributed by atoms with Crippen LogP contribution in [0, 0.1) is 6.92 Å². The molecule has 1 aromatic carbocycles. The van der Waals surface area contributed by atoms with Crippen molar-refractivity contribution in [3.63, 3.8) is 0 Å². The van der Waals surface area contributed by atoms with E-state index in [1.54, 1.807) is 0 Å². The SMILES string of the molecule is CCCCCC1(C)CN=C(N)N1c1ccc(C)cc1. The molecule has 1 heterocycles. The zero-order valence-corrected chi connectivity index (χ0v) is 12.3. The lowest BCUT2D eigenvalue weighted by molar-refractivity contribution is 0.438. The van der Waals surface area contributed by atoms with Crippen LogP contribution in [0.15, 0.2) is 29.3 Å². The first-order valence-electron chi connectivity index (χ1n) is 7.23. The monoisotopic (exact) mass is 259 g/mol. The summed E-state index contributed by atoms with van der Waals surface area (Å²) in [7, 11) is 0. The van der Waals surface area contributed by atoms with Crippen LogP contribution < -0.4 is 10.6 Å². The Labute approximate surface area is 116 Å². The van der Waals surface area contributed by atoms with Crippen LogP contribution in [-0.4, -0.2) is 18.0 Å². The maximum atomic E-state index is 6.10. The molecule has 1 aliphatic rings. The average molecular weight is 259 g/mol. The van der Waals surface area contributed by atoms with Gasteiger partial charge in [-0.05, 0) is 32.4 Å². The summed E-state index contributed by atoms with van der Waals surface area (Å²) in [6.07, 6.45) is 4.89. The topological polar surface area (TPSA) is 41.6 Å². The van der Waals surface area contributed by atoms with Gasteiger partial charge in [0.1, 0.15) is 0 Å². The molecule has 0 amide bonds. The molecule has 1 atom stereocenters. The van der Waals surface area contributed by atoms with Crippen LogP contribution in [0.4, 0.5) is 5.69 Å². The second-order valence-electron chi connectivity index (χ2n) is 5.80. The summed E-state index contributed by atoms with van der Waals surface area (Å²) < 4.78 is 0. The van der Waals surface area contributed by atoms with Gasteiger partial charge in [0, 0.05) is 5.69 Å². The van der Waals surface area contributed by atoms with Crippen molar-refractivity contribution in [2.75, 3.05) is 11.4 Å². The molecule has 104 valence electrons. The highest BCUT2D eigenvalue weighted by Gasteiger charge is 2.38. The standard InChI is InChI=1S/C16H25N3/c1-4-5-6-11-16(3)12-18-15(17)19(16)14-9-7-13(2)8-10-14/h7-10H,4-6,11-12H2,1-3H3,(H2,17,18). The molecule has 0 saturated heterocycles. The Morgan fingerprint density at radius 3 is 2.58 bits per heavy atom. The Bertz CT molecular complexity index is 450. The minimum Gasteiger partial charge on any atom is -0.369 e. The average Bonchev–Trinajstić information content (AvgIpc) is 2.68. The van der Waals surface area contributed by atoms with E-state index in [4.69, 9.17) is 5.73 Å². The van der Waals surface area contributed by atoms with Gasteiger partial charge in [0.15, 0.2) is 5.96 Å². The fourth-order valence-electron chi connectivity index (χ4n) is 2.75. The predicted octanol–water partition coefficient (Wildman–Crippen LogP) is 3.47. The molecule has 0 aromatic heterocycles. The van der Waals surface area contributed by atoms with Gasteiger partial charge in [0.2, 0.25) is 0 Å². The number of anilines is 1. The quantitative estimate of drug-likeness (QED) is 0.823. The van der Waals surface area contributed by atoms with Crippen LogP contribution in [0.1, 0.15) is 45.1 Å². The maximum absolute atomic E-state index is 6.10. The third-order valence-electron chi connectivity index (χ3n) is 3.96. The molecule has 2 rings (SSSR count). The van der Waals surface area contributed by atoms with Crippen molar-refractivity contribution >= 4 is 11.6 Å². The van der Waals surface area contributed by atoms with Gasteiger partial charge in [-0.3, -0.25) is 4.99 Å². The van der Waals surface area contributed by atoms with Crippen molar-refractivity contribution in [2.45, 2.75) is 52.0 Å². The smallest absolute Gasteiger partial charge is 0.196 e. The Kier molecular flexibility index (Phi) is 4.13. The van der Waals surface area contributed by atoms with Crippen molar-refractivity contribution in [1.29, 1.82) is 0 Å². The lowest BCUT2D eigenvalue weighted by Crippen LogP contribution is -2.49. The Balaban J connectivity index is 2.19. The van der Waals surface area contributed by atoms with Crippen molar-refractivity contribution in [2.24, 2.45) is 10.7 Å². The number of nitrogens with two attached hydrogens (primary N) is 1. The number of aryl methyl sites for hydroxylation is 1. The van der Waals surface area contributed by atoms with E-state index >= 15 is 0 Å². The van der Waals surface area contributed by atoms with Gasteiger partial charge in [0.25, 0.3) is 0 Å². The van der Waals surface area contributed by atoms with Crippen molar-refractivity contribution in [1.82, 2.24) is 0 Å². The molecule has 0 aliphatic carbocycles. The zero-order valence-electron chi connectivity index (χ0n) is 12.3. The highest BCUT2D eigenvalue weighted by Crippen LogP contribution is 2.32. The number of guanidine groups is 1. The van der Waals surface area contributed by atoms with Crippen LogP contribution in [0.2, 0.25) is 0 Å². The molecule has 0 bridgehead atoms. The van der Waals surface area contributed by atoms with Crippen molar-refractivity contribution in [3.05, 3.63) is 29.8 Å². The van der Waals surface area contributed by atoms with Crippen LogP contribution in [0.3, 0.4) is 0 Å². The Morgan fingerprint density at radius 2 is 1.95 bits per heavy atom. The van der Waals surface area contributed by atoms with Gasteiger partial charge in [-0.15, -0.1) is 0 Å². The number of unbranched alkanes of at least 4 members (excludes halogenated alkanes) is 2. The van der Waals surface area contributed by atoms with E-state index in [1.807, 2.05) is 0 Å². The minimum absolute atomic E-state index is 0.0362. The van der Waals surface area contributed by atoms with Crippen LogP contribution >= 0.6 is 0 Å². The summed E-state index contributed by atoms with van der Waals surface area (Å²) in [5, 5.41) is 0. The number of benzene rings is 1. The second-order valence-corrected chi connectivity index (χ2v) is 5.80. The van der Waals surface area contributed by atoms with Gasteiger partial charge in [-0.2, -0.15) is 0 Å². The highest BCUT2D eigenvalue weighted by atomic mass is 15.4. The summed E-state index contributed by atoms with van der Waals surface area (Å²) in [6.45, 7) is 7.41. The van der Waals surface area contributed by atoms with E-state index in [0.717, 1.165) is 18.7 Å². The van der Waals surface area contributed by atoms with Gasteiger partial charge >= 0.3 is 0 Å². The van der Waals surface area contributed by atoms with Crippen LogP contribution in [-0.2, 0) is 0 Å². The minimum atomic E-state index is 0.0362. The Hall–Kier alpha value is -1.51. The van der Waals surface area contributed by atoms with Crippen molar-refractivity contribution in [3.8, 4) is 0 Å². The first-order chi connectivity index (χ1) is 9.07. The molecule has 19 heavy (non-hydrogen) atoms. The Morgan fingerprint density at radius 1 is 1.26 bits per heavy atom. The molecule has 0 radical (unpaired) electrons. The summed E-state index contributed by atoms with van der Waals surface area (Å²) in [6, 6.07) is 8.54. The van der Waals surface area contributed by atoms with Gasteiger partial charge in [-0.25, -0.2) is 0 Å². The molecule has 1 aromatic rings. The highest BCUT2D eigenvalue weighted by molar-refractivity contribution is 5.98. The van der Waals surface area contributed by atoms with Gasteiger partial charge in [-0.1, -0.05) is 43.9 Å². The lowest BCUT2D eigenvalue weighted by Gasteiger charge is -2.36. The van der Waals surface area contributed by atoms with E-state index in [-0.39, 0.29) is 5.54 Å². The third kappa shape index (κ3) is 2.91. The van der Waals surface area contributed by atoms with Crippen molar-refractivity contribution < 1.29 is 0 Å². The van der Waals surface area contributed by atoms with Gasteiger partial charge in [0.05, 0.1) is 12.1 Å². The number of nitrogens with zero attached hydrogens (tertiary/aromatic N) is 2. The molecular formula is C16H25N3. The first kappa shape index (κ1) is 13.9. The molecule has 2 N–H and O–H groups in total. The summed E-state index contributed by atoms with van der Waals surface area (Å²) in [5.74, 6) is 0.655. The zero-order chi connectivity index (χ0) is 13.9. The fraction of sp³-hybridized carbons (Fsp3) is 0.562. The largest absolute Gasteiger partial charge is 0.369 e. The molecular weight excluding hydrogens is 234 g/mol. The van der Waals surface area contributed by atoms with Crippen LogP contribution in [0.25, 0.3) is 0 Å². The molecule has 3 heteroatoms. The molecule has 3 nitrogen and oxygen atoms in total. The van der Waals surface area contributed by atoms with E-state index in [0.29, 0.717) is 5.96 Å². The fourth-order valence-corrected chi connectivity index (χ4v) is 2.75. The molecule has 0 saturated carbocycles. The number of aliphatic imine (C=N–C) groups is 1. The molecule has 0 fully saturated rings. The third-order valence-corrected chi connectivity index (χ3v) is 3.96. The van der Waals surface area contributed by atoms with E-state index in [9.17, 15) is 0 Å². The normalized spacial score (nSPS) is 22.7. The van der Waals surface area contributed by atoms with Gasteiger partial charge < -0.3 is 10.6 Å². The lowest BCUT2D eigenvalue weighted by atomic mass is 9.93. The van der Waals surface area contributed by atoms with Crippen LogP contribution in [0.5, 0.6) is 0 Å². The predicted molar refractivity (Wildman–Crippen MR) is 82.7 cm³/mol. The molecule has 1 unspecified atom stereocenters.